The van der Waals surface area contributed by atoms with E-state index in [1.54, 1.807) is 6.20 Å². The Bertz CT molecular complexity index is 583. The fraction of sp³-hybridized carbons (Fsp3) is 0.667. The summed E-state index contributed by atoms with van der Waals surface area (Å²) < 4.78 is 7.15. The van der Waals surface area contributed by atoms with Crippen LogP contribution in [0.4, 0.5) is 0 Å². The summed E-state index contributed by atoms with van der Waals surface area (Å²) in [5.74, 6) is 1.70. The standard InChI is InChI=1S/C15H23N5O2/c1-10(9-20-5-3-4-17-20)16-8-13-6-12(7-14(13)21)15-18-11(2)19-22-15/h3-5,10,12-14,16,21H,6-9H2,1-2H3/t10?,12-,13+,14+/m0/s1. The lowest BCUT2D eigenvalue weighted by atomic mass is 10.0. The largest absolute Gasteiger partial charge is 0.393 e. The second kappa shape index (κ2) is 6.58. The van der Waals surface area contributed by atoms with Gasteiger partial charge in [-0.3, -0.25) is 4.68 Å². The fourth-order valence-corrected chi connectivity index (χ4v) is 3.11. The van der Waals surface area contributed by atoms with Crippen molar-refractivity contribution in [1.29, 1.82) is 0 Å². The second-order valence-corrected chi connectivity index (χ2v) is 6.21. The summed E-state index contributed by atoms with van der Waals surface area (Å²) in [6.07, 6.45) is 4.99. The fourth-order valence-electron chi connectivity index (χ4n) is 3.11. The molecule has 1 fully saturated rings. The average Bonchev–Trinajstić information content (AvgIpc) is 3.19. The lowest BCUT2D eigenvalue weighted by Crippen LogP contribution is -2.36. The van der Waals surface area contributed by atoms with Crippen LogP contribution in [0, 0.1) is 12.8 Å². The van der Waals surface area contributed by atoms with Crippen molar-refractivity contribution < 1.29 is 9.63 Å². The summed E-state index contributed by atoms with van der Waals surface area (Å²) in [4.78, 5) is 4.29. The molecule has 3 rings (SSSR count). The highest BCUT2D eigenvalue weighted by molar-refractivity contribution is 5.00. The number of hydrogen-bond acceptors (Lipinski definition) is 6. The molecule has 2 heterocycles. The van der Waals surface area contributed by atoms with Crippen molar-refractivity contribution >= 4 is 0 Å². The molecule has 0 aliphatic heterocycles. The van der Waals surface area contributed by atoms with E-state index >= 15 is 0 Å². The minimum absolute atomic E-state index is 0.171. The van der Waals surface area contributed by atoms with Gasteiger partial charge in [-0.15, -0.1) is 0 Å². The Morgan fingerprint density at radius 1 is 1.50 bits per heavy atom. The van der Waals surface area contributed by atoms with Gasteiger partial charge in [0.15, 0.2) is 5.82 Å². The quantitative estimate of drug-likeness (QED) is 0.831. The molecular formula is C15H23N5O2. The van der Waals surface area contributed by atoms with Gasteiger partial charge in [0.1, 0.15) is 0 Å². The molecule has 2 aromatic rings. The number of nitrogens with zero attached hydrogens (tertiary/aromatic N) is 4. The molecule has 22 heavy (non-hydrogen) atoms. The number of rotatable bonds is 6. The Morgan fingerprint density at radius 2 is 2.36 bits per heavy atom. The summed E-state index contributed by atoms with van der Waals surface area (Å²) >= 11 is 0. The Balaban J connectivity index is 1.48. The lowest BCUT2D eigenvalue weighted by molar-refractivity contribution is 0.128. The molecule has 1 aliphatic carbocycles. The van der Waals surface area contributed by atoms with Gasteiger partial charge in [0.05, 0.1) is 12.6 Å². The van der Waals surface area contributed by atoms with Crippen LogP contribution in [0.1, 0.15) is 37.4 Å². The highest BCUT2D eigenvalue weighted by Crippen LogP contribution is 2.37. The van der Waals surface area contributed by atoms with Gasteiger partial charge in [0.25, 0.3) is 0 Å². The summed E-state index contributed by atoms with van der Waals surface area (Å²) in [7, 11) is 0. The maximum Gasteiger partial charge on any atom is 0.229 e. The number of aromatic nitrogens is 4. The van der Waals surface area contributed by atoms with Crippen LogP contribution in [-0.4, -0.2) is 43.7 Å². The molecular weight excluding hydrogens is 282 g/mol. The molecule has 4 atom stereocenters. The topological polar surface area (TPSA) is 89.0 Å². The highest BCUT2D eigenvalue weighted by Gasteiger charge is 2.36. The third-order valence-electron chi connectivity index (χ3n) is 4.30. The van der Waals surface area contributed by atoms with E-state index in [1.165, 1.54) is 0 Å². The van der Waals surface area contributed by atoms with Crippen molar-refractivity contribution in [3.8, 4) is 0 Å². The van der Waals surface area contributed by atoms with Crippen LogP contribution in [0.2, 0.25) is 0 Å². The zero-order valence-electron chi connectivity index (χ0n) is 13.0. The number of aliphatic hydroxyl groups is 1. The summed E-state index contributed by atoms with van der Waals surface area (Å²) in [6.45, 7) is 5.55. The molecule has 1 aliphatic rings. The second-order valence-electron chi connectivity index (χ2n) is 6.21. The van der Waals surface area contributed by atoms with E-state index in [1.807, 2.05) is 23.9 Å². The van der Waals surface area contributed by atoms with Crippen molar-refractivity contribution in [3.63, 3.8) is 0 Å². The summed E-state index contributed by atoms with van der Waals surface area (Å²) in [6, 6.07) is 2.22. The summed E-state index contributed by atoms with van der Waals surface area (Å²) in [5.41, 5.74) is 0. The lowest BCUT2D eigenvalue weighted by Gasteiger charge is -2.19. The first-order chi connectivity index (χ1) is 10.6. The third kappa shape index (κ3) is 3.53. The number of aliphatic hydroxyl groups excluding tert-OH is 1. The SMILES string of the molecule is Cc1noc([C@H]2C[C@H](CNC(C)Cn3cccn3)[C@H](O)C2)n1. The van der Waals surface area contributed by atoms with Crippen molar-refractivity contribution in [2.75, 3.05) is 6.54 Å². The molecule has 120 valence electrons. The van der Waals surface area contributed by atoms with Gasteiger partial charge in [-0.25, -0.2) is 0 Å². The molecule has 0 aromatic carbocycles. The van der Waals surface area contributed by atoms with E-state index in [4.69, 9.17) is 4.52 Å². The van der Waals surface area contributed by atoms with Crippen LogP contribution in [-0.2, 0) is 6.54 Å². The first-order valence-corrected chi connectivity index (χ1v) is 7.81. The molecule has 0 saturated heterocycles. The Morgan fingerprint density at radius 3 is 3.05 bits per heavy atom. The highest BCUT2D eigenvalue weighted by atomic mass is 16.5. The van der Waals surface area contributed by atoms with Gasteiger partial charge >= 0.3 is 0 Å². The Kier molecular flexibility index (Phi) is 4.54. The zero-order chi connectivity index (χ0) is 15.5. The van der Waals surface area contributed by atoms with E-state index in [9.17, 15) is 5.11 Å². The average molecular weight is 305 g/mol. The minimum Gasteiger partial charge on any atom is -0.393 e. The molecule has 7 nitrogen and oxygen atoms in total. The predicted molar refractivity (Wildman–Crippen MR) is 80.2 cm³/mol. The molecule has 7 heteroatoms. The Hall–Kier alpha value is -1.73. The van der Waals surface area contributed by atoms with Gasteiger partial charge in [-0.1, -0.05) is 5.16 Å². The molecule has 0 spiro atoms. The molecule has 2 N–H and O–H groups in total. The summed E-state index contributed by atoms with van der Waals surface area (Å²) in [5, 5.41) is 21.8. The van der Waals surface area contributed by atoms with Crippen molar-refractivity contribution in [2.45, 2.75) is 51.3 Å². The van der Waals surface area contributed by atoms with E-state index in [2.05, 4.69) is 27.5 Å². The maximum absolute atomic E-state index is 10.2. The predicted octanol–water partition coefficient (Wildman–Crippen LogP) is 1.11. The first-order valence-electron chi connectivity index (χ1n) is 7.81. The van der Waals surface area contributed by atoms with Crippen LogP contribution < -0.4 is 5.32 Å². The van der Waals surface area contributed by atoms with E-state index < -0.39 is 0 Å². The zero-order valence-corrected chi connectivity index (χ0v) is 13.0. The molecule has 0 radical (unpaired) electrons. The monoisotopic (exact) mass is 305 g/mol. The molecule has 1 unspecified atom stereocenters. The van der Waals surface area contributed by atoms with Gasteiger partial charge in [-0.05, 0) is 38.7 Å². The van der Waals surface area contributed by atoms with Crippen LogP contribution in [0.5, 0.6) is 0 Å². The van der Waals surface area contributed by atoms with Gasteiger partial charge in [-0.2, -0.15) is 10.1 Å². The molecule has 0 bridgehead atoms. The van der Waals surface area contributed by atoms with E-state index in [-0.39, 0.29) is 17.9 Å². The van der Waals surface area contributed by atoms with Crippen LogP contribution >= 0.6 is 0 Å². The van der Waals surface area contributed by atoms with Gasteiger partial charge in [0.2, 0.25) is 5.89 Å². The molecule has 0 amide bonds. The normalized spacial score (nSPS) is 26.4. The number of nitrogens with one attached hydrogen (secondary N) is 1. The third-order valence-corrected chi connectivity index (χ3v) is 4.30. The maximum atomic E-state index is 10.2. The van der Waals surface area contributed by atoms with Gasteiger partial charge in [0, 0.05) is 30.9 Å². The number of hydrogen-bond donors (Lipinski definition) is 2. The Labute approximate surface area is 129 Å². The van der Waals surface area contributed by atoms with Crippen LogP contribution in [0.3, 0.4) is 0 Å². The van der Waals surface area contributed by atoms with Crippen LogP contribution in [0.25, 0.3) is 0 Å². The van der Waals surface area contributed by atoms with Gasteiger partial charge < -0.3 is 14.9 Å². The minimum atomic E-state index is -0.318. The van der Waals surface area contributed by atoms with Crippen LogP contribution in [0.15, 0.2) is 23.0 Å². The molecule has 2 aromatic heterocycles. The van der Waals surface area contributed by atoms with Crippen molar-refractivity contribution in [3.05, 3.63) is 30.2 Å². The smallest absolute Gasteiger partial charge is 0.229 e. The van der Waals surface area contributed by atoms with Crippen molar-refractivity contribution in [1.82, 2.24) is 25.2 Å². The van der Waals surface area contributed by atoms with E-state index in [0.29, 0.717) is 24.2 Å². The van der Waals surface area contributed by atoms with Crippen molar-refractivity contribution in [2.24, 2.45) is 5.92 Å². The number of aryl methyl sites for hydroxylation is 1. The molecule has 1 saturated carbocycles. The first kappa shape index (κ1) is 15.2. The van der Waals surface area contributed by atoms with E-state index in [0.717, 1.165) is 19.5 Å².